The van der Waals surface area contributed by atoms with E-state index in [1.807, 2.05) is 24.3 Å². The molecule has 112 valence electrons. The Balaban J connectivity index is 1.95. The van der Waals surface area contributed by atoms with Crippen LogP contribution in [0.1, 0.15) is 31.9 Å². The maximum absolute atomic E-state index is 10.7. The van der Waals surface area contributed by atoms with Crippen LogP contribution in [0.3, 0.4) is 0 Å². The molecule has 0 radical (unpaired) electrons. The molecule has 0 fully saturated rings. The van der Waals surface area contributed by atoms with Gasteiger partial charge in [0.1, 0.15) is 10.8 Å². The van der Waals surface area contributed by atoms with Crippen molar-refractivity contribution >= 4 is 17.3 Å². The second kappa shape index (κ2) is 7.78. The van der Waals surface area contributed by atoms with Gasteiger partial charge in [-0.25, -0.2) is 4.98 Å². The maximum Gasteiger partial charge on any atom is 0.309 e. The molecule has 1 aromatic heterocycles. The second-order valence-corrected chi connectivity index (χ2v) is 5.65. The smallest absolute Gasteiger partial charge is 0.309 e. The summed E-state index contributed by atoms with van der Waals surface area (Å²) in [7, 11) is 0. The summed E-state index contributed by atoms with van der Waals surface area (Å²) in [4.78, 5) is 15.0. The first kappa shape index (κ1) is 15.5. The molecule has 0 amide bonds. The van der Waals surface area contributed by atoms with Crippen molar-refractivity contribution in [1.82, 2.24) is 4.98 Å². The standard InChI is InChI=1S/C16H19NO3S/c1-2-3-4-9-20-14-7-5-12(6-8-14)16-17-13(11-21-16)10-15(18)19/h5-8,11H,2-4,9-10H2,1H3,(H,18,19). The molecule has 0 aliphatic carbocycles. The number of hydrogen-bond acceptors (Lipinski definition) is 4. The second-order valence-electron chi connectivity index (χ2n) is 4.79. The summed E-state index contributed by atoms with van der Waals surface area (Å²) in [6.45, 7) is 2.91. The highest BCUT2D eigenvalue weighted by atomic mass is 32.1. The Morgan fingerprint density at radius 1 is 1.29 bits per heavy atom. The first-order chi connectivity index (χ1) is 10.2. The normalized spacial score (nSPS) is 10.5. The lowest BCUT2D eigenvalue weighted by Gasteiger charge is -2.06. The lowest BCUT2D eigenvalue weighted by atomic mass is 10.2. The van der Waals surface area contributed by atoms with Crippen LogP contribution in [0.25, 0.3) is 10.6 Å². The summed E-state index contributed by atoms with van der Waals surface area (Å²) in [5.74, 6) is -0.000143. The molecule has 0 unspecified atom stereocenters. The van der Waals surface area contributed by atoms with Gasteiger partial charge in [-0.05, 0) is 30.7 Å². The highest BCUT2D eigenvalue weighted by molar-refractivity contribution is 7.13. The van der Waals surface area contributed by atoms with Gasteiger partial charge in [-0.15, -0.1) is 11.3 Å². The topological polar surface area (TPSA) is 59.4 Å². The Morgan fingerprint density at radius 3 is 2.71 bits per heavy atom. The first-order valence-corrected chi connectivity index (χ1v) is 7.96. The van der Waals surface area contributed by atoms with Gasteiger partial charge in [0.25, 0.3) is 0 Å². The predicted octanol–water partition coefficient (Wildman–Crippen LogP) is 4.01. The molecule has 2 rings (SSSR count). The fourth-order valence-electron chi connectivity index (χ4n) is 1.91. The van der Waals surface area contributed by atoms with Crippen molar-refractivity contribution in [2.75, 3.05) is 6.61 Å². The maximum atomic E-state index is 10.7. The SMILES string of the molecule is CCCCCOc1ccc(-c2nc(CC(=O)O)cs2)cc1. The van der Waals surface area contributed by atoms with Crippen LogP contribution in [0.2, 0.25) is 0 Å². The van der Waals surface area contributed by atoms with E-state index >= 15 is 0 Å². The molecule has 4 nitrogen and oxygen atoms in total. The van der Waals surface area contributed by atoms with Gasteiger partial charge < -0.3 is 9.84 Å². The molecule has 1 heterocycles. The zero-order valence-electron chi connectivity index (χ0n) is 12.0. The molecule has 2 aromatic rings. The lowest BCUT2D eigenvalue weighted by molar-refractivity contribution is -0.136. The van der Waals surface area contributed by atoms with E-state index in [0.29, 0.717) is 5.69 Å². The number of rotatable bonds is 8. The molecule has 21 heavy (non-hydrogen) atoms. The van der Waals surface area contributed by atoms with Gasteiger partial charge in [0, 0.05) is 10.9 Å². The van der Waals surface area contributed by atoms with Gasteiger partial charge >= 0.3 is 5.97 Å². The minimum Gasteiger partial charge on any atom is -0.494 e. The van der Waals surface area contributed by atoms with E-state index < -0.39 is 5.97 Å². The van der Waals surface area contributed by atoms with E-state index in [1.54, 1.807) is 5.38 Å². The number of nitrogens with zero attached hydrogens (tertiary/aromatic N) is 1. The van der Waals surface area contributed by atoms with Gasteiger partial charge in [-0.1, -0.05) is 19.8 Å². The number of carboxylic acids is 1. The number of carbonyl (C=O) groups is 1. The molecule has 0 spiro atoms. The van der Waals surface area contributed by atoms with Crippen molar-refractivity contribution in [2.24, 2.45) is 0 Å². The predicted molar refractivity (Wildman–Crippen MR) is 83.9 cm³/mol. The van der Waals surface area contributed by atoms with Gasteiger partial charge in [-0.2, -0.15) is 0 Å². The monoisotopic (exact) mass is 305 g/mol. The van der Waals surface area contributed by atoms with Gasteiger partial charge in [0.2, 0.25) is 0 Å². The Labute approximate surface area is 128 Å². The van der Waals surface area contributed by atoms with E-state index in [4.69, 9.17) is 9.84 Å². The average Bonchev–Trinajstić information content (AvgIpc) is 2.92. The average molecular weight is 305 g/mol. The van der Waals surface area contributed by atoms with E-state index in [1.165, 1.54) is 24.2 Å². The van der Waals surface area contributed by atoms with Crippen LogP contribution in [0.15, 0.2) is 29.6 Å². The quantitative estimate of drug-likeness (QED) is 0.749. The van der Waals surface area contributed by atoms with E-state index in [9.17, 15) is 4.79 Å². The molecule has 5 heteroatoms. The molecule has 0 aliphatic rings. The van der Waals surface area contributed by atoms with Crippen LogP contribution >= 0.6 is 11.3 Å². The Kier molecular flexibility index (Phi) is 5.75. The molecular formula is C16H19NO3S. The summed E-state index contributed by atoms with van der Waals surface area (Å²) in [6.07, 6.45) is 3.41. The number of benzene rings is 1. The molecule has 1 aromatic carbocycles. The summed E-state index contributed by atoms with van der Waals surface area (Å²) < 4.78 is 5.66. The number of unbranched alkanes of at least 4 members (excludes halogenated alkanes) is 2. The summed E-state index contributed by atoms with van der Waals surface area (Å²) in [5, 5.41) is 11.4. The Bertz CT molecular complexity index is 577. The highest BCUT2D eigenvalue weighted by Crippen LogP contribution is 2.26. The van der Waals surface area contributed by atoms with Crippen molar-refractivity contribution < 1.29 is 14.6 Å². The van der Waals surface area contributed by atoms with Crippen LogP contribution in [0.4, 0.5) is 0 Å². The summed E-state index contributed by atoms with van der Waals surface area (Å²) in [6, 6.07) is 7.77. The molecule has 0 saturated heterocycles. The molecule has 0 atom stereocenters. The van der Waals surface area contributed by atoms with Crippen molar-refractivity contribution in [2.45, 2.75) is 32.6 Å². The number of hydrogen-bond donors (Lipinski definition) is 1. The minimum atomic E-state index is -0.859. The minimum absolute atomic E-state index is 0.0326. The third-order valence-electron chi connectivity index (χ3n) is 3.00. The van der Waals surface area contributed by atoms with Crippen LogP contribution < -0.4 is 4.74 Å². The van der Waals surface area contributed by atoms with Crippen LogP contribution in [-0.4, -0.2) is 22.7 Å². The number of ether oxygens (including phenoxy) is 1. The Hall–Kier alpha value is -1.88. The fourth-order valence-corrected chi connectivity index (χ4v) is 2.74. The lowest BCUT2D eigenvalue weighted by Crippen LogP contribution is -1.99. The fraction of sp³-hybridized carbons (Fsp3) is 0.375. The number of aliphatic carboxylic acids is 1. The van der Waals surface area contributed by atoms with E-state index in [0.717, 1.165) is 29.3 Å². The number of thiazole rings is 1. The van der Waals surface area contributed by atoms with E-state index in [-0.39, 0.29) is 6.42 Å². The number of carboxylic acid groups (broad SMARTS) is 1. The third-order valence-corrected chi connectivity index (χ3v) is 3.94. The summed E-state index contributed by atoms with van der Waals surface area (Å²) in [5.41, 5.74) is 1.58. The van der Waals surface area contributed by atoms with Crippen LogP contribution in [0, 0.1) is 0 Å². The number of aromatic nitrogens is 1. The van der Waals surface area contributed by atoms with E-state index in [2.05, 4.69) is 11.9 Å². The largest absolute Gasteiger partial charge is 0.494 e. The highest BCUT2D eigenvalue weighted by Gasteiger charge is 2.08. The van der Waals surface area contributed by atoms with Crippen molar-refractivity contribution in [3.63, 3.8) is 0 Å². The molecule has 0 aliphatic heterocycles. The van der Waals surface area contributed by atoms with Crippen LogP contribution in [-0.2, 0) is 11.2 Å². The zero-order valence-corrected chi connectivity index (χ0v) is 12.9. The van der Waals surface area contributed by atoms with Gasteiger partial charge in [-0.3, -0.25) is 4.79 Å². The molecular weight excluding hydrogens is 286 g/mol. The van der Waals surface area contributed by atoms with Gasteiger partial charge in [0.05, 0.1) is 18.7 Å². The third kappa shape index (κ3) is 4.86. The van der Waals surface area contributed by atoms with Gasteiger partial charge in [0.15, 0.2) is 0 Å². The first-order valence-electron chi connectivity index (χ1n) is 7.08. The van der Waals surface area contributed by atoms with Crippen molar-refractivity contribution in [3.05, 3.63) is 35.3 Å². The molecule has 0 bridgehead atoms. The Morgan fingerprint density at radius 2 is 2.05 bits per heavy atom. The summed E-state index contributed by atoms with van der Waals surface area (Å²) >= 11 is 1.46. The molecule has 1 N–H and O–H groups in total. The van der Waals surface area contributed by atoms with Crippen LogP contribution in [0.5, 0.6) is 5.75 Å². The van der Waals surface area contributed by atoms with Crippen molar-refractivity contribution in [1.29, 1.82) is 0 Å². The van der Waals surface area contributed by atoms with Crippen molar-refractivity contribution in [3.8, 4) is 16.3 Å². The molecule has 0 saturated carbocycles. The zero-order chi connectivity index (χ0) is 15.1.